The maximum absolute atomic E-state index is 12.6. The third-order valence-corrected chi connectivity index (χ3v) is 3.72. The van der Waals surface area contributed by atoms with Crippen LogP contribution in [0.15, 0.2) is 46.9 Å². The van der Waals surface area contributed by atoms with Crippen molar-refractivity contribution in [3.63, 3.8) is 0 Å². The monoisotopic (exact) mass is 385 g/mol. The average Bonchev–Trinajstić information content (AvgIpc) is 2.49. The summed E-state index contributed by atoms with van der Waals surface area (Å²) in [6, 6.07) is 11.6. The fourth-order valence-corrected chi connectivity index (χ4v) is 2.31. The van der Waals surface area contributed by atoms with Crippen molar-refractivity contribution < 1.29 is 9.59 Å². The second-order valence-corrected chi connectivity index (χ2v) is 5.83. The number of benzene rings is 2. The molecule has 0 unspecified atom stereocenters. The molecule has 1 amide bonds. The normalized spacial score (nSPS) is 10.2. The van der Waals surface area contributed by atoms with Crippen molar-refractivity contribution in [3.8, 4) is 0 Å². The highest BCUT2D eigenvalue weighted by Gasteiger charge is 2.15. The molecule has 0 radical (unpaired) electrons. The van der Waals surface area contributed by atoms with E-state index in [-0.39, 0.29) is 17.6 Å². The summed E-state index contributed by atoms with van der Waals surface area (Å²) in [5.74, 6) is -0.757. The molecule has 2 aromatic carbocycles. The number of ketones is 1. The zero-order valence-corrected chi connectivity index (χ0v) is 13.8. The van der Waals surface area contributed by atoms with Crippen LogP contribution in [0.1, 0.15) is 15.9 Å². The van der Waals surface area contributed by atoms with Gasteiger partial charge < -0.3 is 5.32 Å². The van der Waals surface area contributed by atoms with Crippen LogP contribution in [-0.2, 0) is 4.79 Å². The summed E-state index contributed by atoms with van der Waals surface area (Å²) in [5.41, 5.74) is 1.29. The summed E-state index contributed by atoms with van der Waals surface area (Å²) >= 11 is 14.6. The molecule has 0 saturated heterocycles. The molecule has 0 aromatic heterocycles. The number of rotatable bonds is 4. The van der Waals surface area contributed by atoms with Crippen molar-refractivity contribution in [2.45, 2.75) is 0 Å². The van der Waals surface area contributed by atoms with Crippen LogP contribution in [-0.4, -0.2) is 17.6 Å². The first-order valence-electron chi connectivity index (χ1n) is 5.97. The van der Waals surface area contributed by atoms with E-state index in [2.05, 4.69) is 21.2 Å². The molecule has 0 atom stereocenters. The predicted octanol–water partition coefficient (Wildman–Crippen LogP) is 4.51. The zero-order chi connectivity index (χ0) is 15.4. The lowest BCUT2D eigenvalue weighted by Crippen LogP contribution is -2.16. The molecule has 1 N–H and O–H groups in total. The Hall–Kier alpha value is -1.36. The Morgan fingerprint density at radius 3 is 2.38 bits per heavy atom. The van der Waals surface area contributed by atoms with Gasteiger partial charge in [0.15, 0.2) is 5.78 Å². The SMILES string of the molecule is O=C(CCl)Nc1ccc(Br)cc1C(=O)c1ccc(Cl)cc1. The number of hydrogen-bond donors (Lipinski definition) is 1. The van der Waals surface area contributed by atoms with Crippen molar-refractivity contribution in [1.82, 2.24) is 0 Å². The maximum Gasteiger partial charge on any atom is 0.239 e. The second kappa shape index (κ2) is 7.07. The van der Waals surface area contributed by atoms with Crippen molar-refractivity contribution in [2.24, 2.45) is 0 Å². The van der Waals surface area contributed by atoms with Gasteiger partial charge in [-0.1, -0.05) is 27.5 Å². The number of carbonyl (C=O) groups is 2. The van der Waals surface area contributed by atoms with E-state index in [0.717, 1.165) is 4.47 Å². The van der Waals surface area contributed by atoms with Gasteiger partial charge in [-0.2, -0.15) is 0 Å². The molecule has 0 aliphatic rings. The zero-order valence-electron chi connectivity index (χ0n) is 10.7. The lowest BCUT2D eigenvalue weighted by Gasteiger charge is -2.10. The largest absolute Gasteiger partial charge is 0.324 e. The molecule has 2 rings (SSSR count). The van der Waals surface area contributed by atoms with E-state index in [4.69, 9.17) is 23.2 Å². The smallest absolute Gasteiger partial charge is 0.239 e. The van der Waals surface area contributed by atoms with E-state index in [1.165, 1.54) is 0 Å². The van der Waals surface area contributed by atoms with Gasteiger partial charge in [0.2, 0.25) is 5.91 Å². The quantitative estimate of drug-likeness (QED) is 0.620. The molecule has 0 saturated carbocycles. The van der Waals surface area contributed by atoms with Gasteiger partial charge in [0.05, 0.1) is 5.69 Å². The predicted molar refractivity (Wildman–Crippen MR) is 88.4 cm³/mol. The molecule has 0 bridgehead atoms. The Morgan fingerprint density at radius 1 is 1.10 bits per heavy atom. The van der Waals surface area contributed by atoms with Gasteiger partial charge >= 0.3 is 0 Å². The number of nitrogens with one attached hydrogen (secondary N) is 1. The van der Waals surface area contributed by atoms with Crippen LogP contribution in [0, 0.1) is 0 Å². The molecule has 0 heterocycles. The van der Waals surface area contributed by atoms with Gasteiger partial charge in [-0.15, -0.1) is 11.6 Å². The van der Waals surface area contributed by atoms with E-state index in [0.29, 0.717) is 21.8 Å². The van der Waals surface area contributed by atoms with E-state index >= 15 is 0 Å². The first kappa shape index (κ1) is 16.0. The highest BCUT2D eigenvalue weighted by Crippen LogP contribution is 2.24. The van der Waals surface area contributed by atoms with Crippen molar-refractivity contribution >= 4 is 56.5 Å². The minimum atomic E-state index is -0.371. The van der Waals surface area contributed by atoms with Crippen LogP contribution in [0.3, 0.4) is 0 Å². The first-order chi connectivity index (χ1) is 10.0. The summed E-state index contributed by atoms with van der Waals surface area (Å²) in [4.78, 5) is 24.0. The number of hydrogen-bond acceptors (Lipinski definition) is 2. The van der Waals surface area contributed by atoms with Crippen LogP contribution in [0.5, 0.6) is 0 Å². The third kappa shape index (κ3) is 4.06. The van der Waals surface area contributed by atoms with Crippen LogP contribution < -0.4 is 5.32 Å². The molecule has 6 heteroatoms. The minimum Gasteiger partial charge on any atom is -0.324 e. The topological polar surface area (TPSA) is 46.2 Å². The Morgan fingerprint density at radius 2 is 1.76 bits per heavy atom. The Labute approximate surface area is 140 Å². The van der Waals surface area contributed by atoms with Crippen molar-refractivity contribution in [1.29, 1.82) is 0 Å². The molecule has 2 aromatic rings. The minimum absolute atomic E-state index is 0.176. The first-order valence-corrected chi connectivity index (χ1v) is 7.67. The maximum atomic E-state index is 12.6. The molecule has 0 fully saturated rings. The fourth-order valence-electron chi connectivity index (χ4n) is 1.75. The van der Waals surface area contributed by atoms with Gasteiger partial charge in [-0.3, -0.25) is 9.59 Å². The molecule has 0 spiro atoms. The van der Waals surface area contributed by atoms with E-state index in [1.54, 1.807) is 42.5 Å². The van der Waals surface area contributed by atoms with E-state index < -0.39 is 0 Å². The number of alkyl halides is 1. The standard InChI is InChI=1S/C15H10BrCl2NO2/c16-10-3-6-13(19-14(20)8-17)12(7-10)15(21)9-1-4-11(18)5-2-9/h1-7H,8H2,(H,19,20). The summed E-state index contributed by atoms with van der Waals surface area (Å²) in [7, 11) is 0. The third-order valence-electron chi connectivity index (χ3n) is 2.73. The van der Waals surface area contributed by atoms with Crippen LogP contribution >= 0.6 is 39.1 Å². The van der Waals surface area contributed by atoms with Gasteiger partial charge in [-0.25, -0.2) is 0 Å². The Kier molecular flexibility index (Phi) is 5.39. The van der Waals surface area contributed by atoms with E-state index in [9.17, 15) is 9.59 Å². The lowest BCUT2D eigenvalue weighted by atomic mass is 10.0. The van der Waals surface area contributed by atoms with Crippen LogP contribution in [0.4, 0.5) is 5.69 Å². The molecule has 108 valence electrons. The Balaban J connectivity index is 2.41. The van der Waals surface area contributed by atoms with Crippen molar-refractivity contribution in [3.05, 3.63) is 63.1 Å². The Bertz CT molecular complexity index is 687. The summed E-state index contributed by atoms with van der Waals surface area (Å²) in [5, 5.41) is 3.16. The number of anilines is 1. The summed E-state index contributed by atoms with van der Waals surface area (Å²) in [6.07, 6.45) is 0. The summed E-state index contributed by atoms with van der Waals surface area (Å²) < 4.78 is 0.740. The molecule has 21 heavy (non-hydrogen) atoms. The molecular weight excluding hydrogens is 377 g/mol. The van der Waals surface area contributed by atoms with Gasteiger partial charge in [0.1, 0.15) is 5.88 Å². The summed E-state index contributed by atoms with van der Waals surface area (Å²) in [6.45, 7) is 0. The number of amides is 1. The molecule has 0 aliphatic carbocycles. The number of carbonyl (C=O) groups excluding carboxylic acids is 2. The lowest BCUT2D eigenvalue weighted by molar-refractivity contribution is -0.113. The van der Waals surface area contributed by atoms with Gasteiger partial charge in [0.25, 0.3) is 0 Å². The van der Waals surface area contributed by atoms with E-state index in [1.807, 2.05) is 0 Å². The van der Waals surface area contributed by atoms with Gasteiger partial charge in [0, 0.05) is 20.6 Å². The fraction of sp³-hybridized carbons (Fsp3) is 0.0667. The van der Waals surface area contributed by atoms with Crippen LogP contribution in [0.25, 0.3) is 0 Å². The highest BCUT2D eigenvalue weighted by molar-refractivity contribution is 9.10. The molecule has 0 aliphatic heterocycles. The average molecular weight is 387 g/mol. The molecular formula is C15H10BrCl2NO2. The second-order valence-electron chi connectivity index (χ2n) is 4.21. The van der Waals surface area contributed by atoms with Crippen LogP contribution in [0.2, 0.25) is 5.02 Å². The van der Waals surface area contributed by atoms with Crippen molar-refractivity contribution in [2.75, 3.05) is 11.2 Å². The number of halogens is 3. The molecule has 3 nitrogen and oxygen atoms in total. The van der Waals surface area contributed by atoms with Gasteiger partial charge in [-0.05, 0) is 42.5 Å². The highest BCUT2D eigenvalue weighted by atomic mass is 79.9.